The Kier molecular flexibility index (Phi) is 4.59. The molecule has 2 aromatic rings. The van der Waals surface area contributed by atoms with Gasteiger partial charge in [-0.05, 0) is 43.7 Å². The number of hydrogen-bond acceptors (Lipinski definition) is 5. The molecule has 1 fully saturated rings. The molecule has 0 aliphatic carbocycles. The van der Waals surface area contributed by atoms with Gasteiger partial charge in [-0.1, -0.05) is 17.7 Å². The van der Waals surface area contributed by atoms with Gasteiger partial charge in [0.2, 0.25) is 10.0 Å². The van der Waals surface area contributed by atoms with Gasteiger partial charge in [-0.3, -0.25) is 10.1 Å². The van der Waals surface area contributed by atoms with Gasteiger partial charge in [0.25, 0.3) is 5.69 Å². The predicted octanol–water partition coefficient (Wildman–Crippen LogP) is 3.01. The number of hydrogen-bond donors (Lipinski definition) is 0. The molecule has 1 aliphatic heterocycles. The number of non-ortho nitro benzene ring substituents is 1. The maximum Gasteiger partial charge on any atom is 0.269 e. The Balaban J connectivity index is 1.96. The first-order valence-corrected chi connectivity index (χ1v) is 9.21. The molecule has 0 amide bonds. The Bertz CT molecular complexity index is 878. The summed E-state index contributed by atoms with van der Waals surface area (Å²) in [5.74, 6) is 0. The highest BCUT2D eigenvalue weighted by Crippen LogP contribution is 2.35. The summed E-state index contributed by atoms with van der Waals surface area (Å²) in [5, 5.41) is 10.8. The Morgan fingerprint density at radius 2 is 1.72 bits per heavy atom. The van der Waals surface area contributed by atoms with Crippen LogP contribution in [-0.4, -0.2) is 30.3 Å². The highest BCUT2D eigenvalue weighted by Gasteiger charge is 2.40. The van der Waals surface area contributed by atoms with Crippen LogP contribution in [0.1, 0.15) is 24.3 Å². The van der Waals surface area contributed by atoms with Gasteiger partial charge in [-0.15, -0.1) is 0 Å². The lowest BCUT2D eigenvalue weighted by Gasteiger charge is -2.23. The SMILES string of the molecule is Cc1ccc(S(=O)(=O)N2C[C@H](C)O[C@@H]2c2ccc([N+](=O)[O-])cc2)cc1. The minimum Gasteiger partial charge on any atom is -0.354 e. The van der Waals surface area contributed by atoms with Crippen molar-refractivity contribution in [3.63, 3.8) is 0 Å². The van der Waals surface area contributed by atoms with E-state index in [1.54, 1.807) is 31.2 Å². The van der Waals surface area contributed by atoms with E-state index in [1.165, 1.54) is 28.6 Å². The molecule has 0 saturated carbocycles. The van der Waals surface area contributed by atoms with Gasteiger partial charge in [-0.25, -0.2) is 8.42 Å². The molecule has 0 N–H and O–H groups in total. The van der Waals surface area contributed by atoms with E-state index in [2.05, 4.69) is 0 Å². The van der Waals surface area contributed by atoms with Crippen LogP contribution in [0.5, 0.6) is 0 Å². The Morgan fingerprint density at radius 3 is 2.28 bits per heavy atom. The quantitative estimate of drug-likeness (QED) is 0.616. The second kappa shape index (κ2) is 6.55. The molecule has 0 bridgehead atoms. The number of sulfonamides is 1. The summed E-state index contributed by atoms with van der Waals surface area (Å²) >= 11 is 0. The van der Waals surface area contributed by atoms with E-state index in [-0.39, 0.29) is 23.2 Å². The molecular formula is C17H18N2O5S. The molecule has 1 aliphatic rings. The average Bonchev–Trinajstić information content (AvgIpc) is 2.98. The summed E-state index contributed by atoms with van der Waals surface area (Å²) in [5.41, 5.74) is 1.48. The fourth-order valence-corrected chi connectivity index (χ4v) is 4.34. The smallest absolute Gasteiger partial charge is 0.269 e. The molecule has 2 atom stereocenters. The van der Waals surface area contributed by atoms with E-state index >= 15 is 0 Å². The lowest BCUT2D eigenvalue weighted by molar-refractivity contribution is -0.384. The second-order valence-electron chi connectivity index (χ2n) is 6.04. The third kappa shape index (κ3) is 3.41. The first-order valence-electron chi connectivity index (χ1n) is 7.77. The van der Waals surface area contributed by atoms with Gasteiger partial charge in [0.1, 0.15) is 0 Å². The Labute approximate surface area is 146 Å². The molecule has 132 valence electrons. The van der Waals surface area contributed by atoms with E-state index in [0.717, 1.165) is 5.56 Å². The van der Waals surface area contributed by atoms with Crippen LogP contribution >= 0.6 is 0 Å². The van der Waals surface area contributed by atoms with E-state index in [0.29, 0.717) is 5.56 Å². The monoisotopic (exact) mass is 362 g/mol. The van der Waals surface area contributed by atoms with Crippen molar-refractivity contribution in [2.45, 2.75) is 31.1 Å². The van der Waals surface area contributed by atoms with Crippen LogP contribution in [0.2, 0.25) is 0 Å². The number of benzene rings is 2. The third-order valence-corrected chi connectivity index (χ3v) is 5.90. The number of nitro benzene ring substituents is 1. The lowest BCUT2D eigenvalue weighted by atomic mass is 10.2. The van der Waals surface area contributed by atoms with Crippen LogP contribution in [0, 0.1) is 17.0 Å². The molecule has 1 saturated heterocycles. The van der Waals surface area contributed by atoms with Crippen LogP contribution in [-0.2, 0) is 14.8 Å². The number of nitrogens with zero attached hydrogens (tertiary/aromatic N) is 2. The summed E-state index contributed by atoms with van der Waals surface area (Å²) in [7, 11) is -3.74. The second-order valence-corrected chi connectivity index (χ2v) is 7.93. The van der Waals surface area contributed by atoms with Crippen molar-refractivity contribution in [2.75, 3.05) is 6.54 Å². The normalized spacial score (nSPS) is 21.4. The molecule has 8 heteroatoms. The van der Waals surface area contributed by atoms with Crippen molar-refractivity contribution in [3.8, 4) is 0 Å². The Hall–Kier alpha value is -2.29. The largest absolute Gasteiger partial charge is 0.354 e. The van der Waals surface area contributed by atoms with Gasteiger partial charge in [-0.2, -0.15) is 4.31 Å². The maximum absolute atomic E-state index is 13.0. The number of ether oxygens (including phenoxy) is 1. The molecular weight excluding hydrogens is 344 g/mol. The predicted molar refractivity (Wildman–Crippen MR) is 91.5 cm³/mol. The zero-order valence-electron chi connectivity index (χ0n) is 13.8. The first-order chi connectivity index (χ1) is 11.8. The van der Waals surface area contributed by atoms with Gasteiger partial charge in [0.05, 0.1) is 15.9 Å². The molecule has 2 aromatic carbocycles. The van der Waals surface area contributed by atoms with Gasteiger partial charge in [0.15, 0.2) is 6.23 Å². The van der Waals surface area contributed by atoms with E-state index in [9.17, 15) is 18.5 Å². The fraction of sp³-hybridized carbons (Fsp3) is 0.294. The van der Waals surface area contributed by atoms with Crippen LogP contribution in [0.25, 0.3) is 0 Å². The van der Waals surface area contributed by atoms with E-state index in [4.69, 9.17) is 4.74 Å². The van der Waals surface area contributed by atoms with Crippen LogP contribution in [0.4, 0.5) is 5.69 Å². The summed E-state index contributed by atoms with van der Waals surface area (Å²) in [6.07, 6.45) is -1.08. The number of rotatable bonds is 4. The van der Waals surface area contributed by atoms with E-state index < -0.39 is 21.2 Å². The molecule has 3 rings (SSSR count). The van der Waals surface area contributed by atoms with Crippen LogP contribution < -0.4 is 0 Å². The zero-order chi connectivity index (χ0) is 18.2. The molecule has 0 radical (unpaired) electrons. The minimum absolute atomic E-state index is 0.0530. The molecule has 7 nitrogen and oxygen atoms in total. The summed E-state index contributed by atoms with van der Waals surface area (Å²) in [6, 6.07) is 12.4. The van der Waals surface area contributed by atoms with Crippen molar-refractivity contribution >= 4 is 15.7 Å². The van der Waals surface area contributed by atoms with Crippen molar-refractivity contribution in [3.05, 3.63) is 69.8 Å². The highest BCUT2D eigenvalue weighted by atomic mass is 32.2. The maximum atomic E-state index is 13.0. The summed E-state index contributed by atoms with van der Waals surface area (Å²) in [4.78, 5) is 10.5. The fourth-order valence-electron chi connectivity index (χ4n) is 2.76. The van der Waals surface area contributed by atoms with Crippen molar-refractivity contribution in [1.82, 2.24) is 4.31 Å². The van der Waals surface area contributed by atoms with Crippen molar-refractivity contribution in [1.29, 1.82) is 0 Å². The van der Waals surface area contributed by atoms with Crippen LogP contribution in [0.3, 0.4) is 0 Å². The average molecular weight is 362 g/mol. The minimum atomic E-state index is -3.74. The van der Waals surface area contributed by atoms with Crippen LogP contribution in [0.15, 0.2) is 53.4 Å². The first kappa shape index (κ1) is 17.5. The van der Waals surface area contributed by atoms with Gasteiger partial charge in [0, 0.05) is 18.7 Å². The molecule has 25 heavy (non-hydrogen) atoms. The van der Waals surface area contributed by atoms with Gasteiger partial charge >= 0.3 is 0 Å². The van der Waals surface area contributed by atoms with Crippen molar-refractivity contribution in [2.24, 2.45) is 0 Å². The highest BCUT2D eigenvalue weighted by molar-refractivity contribution is 7.89. The summed E-state index contributed by atoms with van der Waals surface area (Å²) in [6.45, 7) is 3.90. The molecule has 0 spiro atoms. The lowest BCUT2D eigenvalue weighted by Crippen LogP contribution is -2.31. The standard InChI is InChI=1S/C17H18N2O5S/c1-12-3-9-16(10-4-12)25(22,23)18-11-13(2)24-17(18)14-5-7-15(8-6-14)19(20)21/h3-10,13,17H,11H2,1-2H3/t13-,17+/m0/s1. The molecule has 0 aromatic heterocycles. The molecule has 0 unspecified atom stereocenters. The summed E-state index contributed by atoms with van der Waals surface area (Å²) < 4.78 is 33.0. The number of aryl methyl sites for hydroxylation is 1. The Morgan fingerprint density at radius 1 is 1.12 bits per heavy atom. The molecule has 1 heterocycles. The number of nitro groups is 1. The van der Waals surface area contributed by atoms with Gasteiger partial charge < -0.3 is 4.74 Å². The van der Waals surface area contributed by atoms with E-state index in [1.807, 2.05) is 6.92 Å². The zero-order valence-corrected chi connectivity index (χ0v) is 14.6. The third-order valence-electron chi connectivity index (χ3n) is 4.08. The van der Waals surface area contributed by atoms with Crippen molar-refractivity contribution < 1.29 is 18.1 Å². The topological polar surface area (TPSA) is 89.8 Å².